The van der Waals surface area contributed by atoms with Crippen LogP contribution in [0.25, 0.3) is 0 Å². The van der Waals surface area contributed by atoms with E-state index in [0.717, 1.165) is 17.3 Å². The molecule has 1 heterocycles. The molecular formula is C18H20F3N5O3. The van der Waals surface area contributed by atoms with Crippen molar-refractivity contribution in [2.24, 2.45) is 0 Å². The number of cyclic esters (lactones) is 1. The minimum atomic E-state index is -3.16. The average Bonchev–Trinajstić information content (AvgIpc) is 3.07. The molecule has 0 radical (unpaired) electrons. The smallest absolute Gasteiger partial charge is 0.414 e. The number of nitrogens with zero attached hydrogens (tertiary/aromatic N) is 2. The first kappa shape index (κ1) is 22.0. The largest absolute Gasteiger partial charge is 0.442 e. The lowest BCUT2D eigenvalue weighted by Crippen LogP contribution is -2.37. The van der Waals surface area contributed by atoms with Crippen molar-refractivity contribution in [2.45, 2.75) is 12.5 Å². The van der Waals surface area contributed by atoms with Gasteiger partial charge in [0.15, 0.2) is 0 Å². The number of halogens is 3. The molecule has 1 aromatic carbocycles. The Kier molecular flexibility index (Phi) is 7.85. The molecule has 1 aromatic rings. The lowest BCUT2D eigenvalue weighted by Gasteiger charge is -2.21. The molecule has 2 amide bonds. The number of hydrogen-bond donors (Lipinski definition) is 3. The molecular weight excluding hydrogens is 391 g/mol. The Hall–Kier alpha value is -3.26. The van der Waals surface area contributed by atoms with Gasteiger partial charge in [0.1, 0.15) is 11.9 Å². The van der Waals surface area contributed by atoms with Gasteiger partial charge in [0.25, 0.3) is 5.91 Å². The molecule has 1 aliphatic rings. The van der Waals surface area contributed by atoms with Crippen molar-refractivity contribution >= 4 is 29.7 Å². The standard InChI is InChI=1S/C18H20F3N5O3/c1-2-5-23-6-7-25(11-22)15-4-3-12(8-14(15)19)26-10-13(29-18(26)28)9-24-17(27)16(20)21/h1,3-4,8,11,13,16,22-23H,5-7,9-10H2,(H,24,27). The van der Waals surface area contributed by atoms with Crippen molar-refractivity contribution < 1.29 is 27.5 Å². The fourth-order valence-electron chi connectivity index (χ4n) is 2.64. The van der Waals surface area contributed by atoms with Gasteiger partial charge in [-0.05, 0) is 18.2 Å². The Morgan fingerprint density at radius 2 is 2.28 bits per heavy atom. The highest BCUT2D eigenvalue weighted by Crippen LogP contribution is 2.27. The summed E-state index contributed by atoms with van der Waals surface area (Å²) in [6, 6.07) is 4.00. The van der Waals surface area contributed by atoms with Crippen LogP contribution in [0.1, 0.15) is 0 Å². The third kappa shape index (κ3) is 5.86. The number of ether oxygens (including phenoxy) is 1. The van der Waals surface area contributed by atoms with Crippen molar-refractivity contribution in [3.8, 4) is 12.3 Å². The monoisotopic (exact) mass is 411 g/mol. The number of carbonyl (C=O) groups is 2. The van der Waals surface area contributed by atoms with E-state index in [2.05, 4.69) is 11.2 Å². The van der Waals surface area contributed by atoms with Crippen LogP contribution in [-0.4, -0.2) is 63.6 Å². The first-order valence-corrected chi connectivity index (χ1v) is 8.62. The fourth-order valence-corrected chi connectivity index (χ4v) is 2.64. The molecule has 1 unspecified atom stereocenters. The molecule has 2 rings (SSSR count). The molecule has 29 heavy (non-hydrogen) atoms. The van der Waals surface area contributed by atoms with Gasteiger partial charge in [0, 0.05) is 13.1 Å². The number of carbonyl (C=O) groups excluding carboxylic acids is 2. The molecule has 0 bridgehead atoms. The highest BCUT2D eigenvalue weighted by Gasteiger charge is 2.33. The molecule has 11 heteroatoms. The molecule has 3 N–H and O–H groups in total. The first-order valence-electron chi connectivity index (χ1n) is 8.62. The van der Waals surface area contributed by atoms with Gasteiger partial charge in [0.05, 0.1) is 37.3 Å². The molecule has 1 fully saturated rings. The van der Waals surface area contributed by atoms with Crippen molar-refractivity contribution in [3.05, 3.63) is 24.0 Å². The summed E-state index contributed by atoms with van der Waals surface area (Å²) in [5, 5.41) is 12.4. The molecule has 0 saturated carbocycles. The summed E-state index contributed by atoms with van der Waals surface area (Å²) in [7, 11) is 0. The van der Waals surface area contributed by atoms with Gasteiger partial charge >= 0.3 is 12.5 Å². The van der Waals surface area contributed by atoms with Crippen molar-refractivity contribution in [1.29, 1.82) is 5.41 Å². The van der Waals surface area contributed by atoms with Crippen LogP contribution >= 0.6 is 0 Å². The molecule has 1 saturated heterocycles. The maximum atomic E-state index is 14.6. The Morgan fingerprint density at radius 3 is 2.90 bits per heavy atom. The summed E-state index contributed by atoms with van der Waals surface area (Å²) >= 11 is 0. The van der Waals surface area contributed by atoms with Crippen molar-refractivity contribution in [1.82, 2.24) is 10.6 Å². The average molecular weight is 411 g/mol. The number of anilines is 2. The highest BCUT2D eigenvalue weighted by molar-refractivity contribution is 5.90. The number of hydrogen-bond acceptors (Lipinski definition) is 5. The maximum absolute atomic E-state index is 14.6. The number of benzene rings is 1. The second kappa shape index (κ2) is 10.3. The van der Waals surface area contributed by atoms with E-state index in [1.165, 1.54) is 17.0 Å². The summed E-state index contributed by atoms with van der Waals surface area (Å²) < 4.78 is 44.0. The zero-order chi connectivity index (χ0) is 21.4. The number of alkyl halides is 2. The van der Waals surface area contributed by atoms with Crippen LogP contribution < -0.4 is 20.4 Å². The first-order chi connectivity index (χ1) is 13.9. The van der Waals surface area contributed by atoms with E-state index in [9.17, 15) is 22.8 Å². The van der Waals surface area contributed by atoms with E-state index in [0.29, 0.717) is 19.6 Å². The van der Waals surface area contributed by atoms with Gasteiger partial charge < -0.3 is 20.3 Å². The van der Waals surface area contributed by atoms with Crippen LogP contribution in [0.2, 0.25) is 0 Å². The van der Waals surface area contributed by atoms with Crippen molar-refractivity contribution in [3.63, 3.8) is 0 Å². The van der Waals surface area contributed by atoms with E-state index in [4.69, 9.17) is 16.6 Å². The van der Waals surface area contributed by atoms with Crippen molar-refractivity contribution in [2.75, 3.05) is 42.5 Å². The van der Waals surface area contributed by atoms with E-state index in [-0.39, 0.29) is 24.5 Å². The summed E-state index contributed by atoms with van der Waals surface area (Å²) in [6.45, 7) is 0.775. The molecule has 156 valence electrons. The minimum Gasteiger partial charge on any atom is -0.442 e. The summed E-state index contributed by atoms with van der Waals surface area (Å²) in [4.78, 5) is 25.4. The lowest BCUT2D eigenvalue weighted by atomic mass is 10.2. The van der Waals surface area contributed by atoms with Gasteiger partial charge in [-0.1, -0.05) is 5.92 Å². The number of rotatable bonds is 10. The second-order valence-electron chi connectivity index (χ2n) is 6.00. The van der Waals surface area contributed by atoms with Crippen LogP contribution in [0.4, 0.5) is 29.3 Å². The van der Waals surface area contributed by atoms with Gasteiger partial charge in [-0.2, -0.15) is 8.78 Å². The van der Waals surface area contributed by atoms with E-state index in [1.54, 1.807) is 0 Å². The predicted octanol–water partition coefficient (Wildman–Crippen LogP) is 1.17. The fraction of sp³-hybridized carbons (Fsp3) is 0.389. The third-order valence-corrected chi connectivity index (χ3v) is 4.04. The zero-order valence-corrected chi connectivity index (χ0v) is 15.3. The molecule has 0 aromatic heterocycles. The highest BCUT2D eigenvalue weighted by atomic mass is 19.3. The maximum Gasteiger partial charge on any atom is 0.414 e. The summed E-state index contributed by atoms with van der Waals surface area (Å²) in [5.41, 5.74) is 0.342. The second-order valence-corrected chi connectivity index (χ2v) is 6.00. The summed E-state index contributed by atoms with van der Waals surface area (Å²) in [6.07, 6.45) is 1.32. The Balaban J connectivity index is 2.01. The van der Waals surface area contributed by atoms with Crippen LogP contribution in [-0.2, 0) is 9.53 Å². The van der Waals surface area contributed by atoms with Crippen LogP contribution in [0.5, 0.6) is 0 Å². The number of amides is 2. The molecule has 1 aliphatic heterocycles. The van der Waals surface area contributed by atoms with Gasteiger partial charge in [-0.3, -0.25) is 15.1 Å². The molecule has 0 spiro atoms. The van der Waals surface area contributed by atoms with Gasteiger partial charge in [-0.15, -0.1) is 6.42 Å². The van der Waals surface area contributed by atoms with E-state index >= 15 is 0 Å². The Morgan fingerprint density at radius 1 is 1.52 bits per heavy atom. The molecule has 0 aliphatic carbocycles. The summed E-state index contributed by atoms with van der Waals surface area (Å²) in [5.74, 6) is 0.286. The predicted molar refractivity (Wildman–Crippen MR) is 101 cm³/mol. The van der Waals surface area contributed by atoms with E-state index < -0.39 is 30.3 Å². The SMILES string of the molecule is C#CCNCCN(C=N)c1ccc(N2CC(CNC(=O)C(F)F)OC2=O)cc1F. The van der Waals surface area contributed by atoms with Crippen LogP contribution in [0.3, 0.4) is 0 Å². The van der Waals surface area contributed by atoms with Crippen LogP contribution in [0, 0.1) is 23.6 Å². The Labute approximate surface area is 165 Å². The zero-order valence-electron chi connectivity index (χ0n) is 15.3. The lowest BCUT2D eigenvalue weighted by molar-refractivity contribution is -0.132. The third-order valence-electron chi connectivity index (χ3n) is 4.04. The van der Waals surface area contributed by atoms with E-state index in [1.807, 2.05) is 5.32 Å². The minimum absolute atomic E-state index is 0.0363. The Bertz CT molecular complexity index is 799. The van der Waals surface area contributed by atoms with Gasteiger partial charge in [-0.25, -0.2) is 9.18 Å². The number of terminal acetylenes is 1. The normalized spacial score (nSPS) is 15.8. The molecule has 1 atom stereocenters. The topological polar surface area (TPSA) is 97.8 Å². The quantitative estimate of drug-likeness (QED) is 0.232. The molecule has 8 nitrogen and oxygen atoms in total. The van der Waals surface area contributed by atoms with Gasteiger partial charge in [0.2, 0.25) is 0 Å². The number of nitrogens with one attached hydrogen (secondary N) is 3. The van der Waals surface area contributed by atoms with Crippen LogP contribution in [0.15, 0.2) is 18.2 Å².